The van der Waals surface area contributed by atoms with Crippen molar-refractivity contribution in [1.29, 1.82) is 5.26 Å². The van der Waals surface area contributed by atoms with Gasteiger partial charge in [0.1, 0.15) is 11.6 Å². The molecular weight excluding hydrogens is 352 g/mol. The Morgan fingerprint density at radius 1 is 0.964 bits per heavy atom. The van der Waals surface area contributed by atoms with Crippen molar-refractivity contribution in [3.05, 3.63) is 59.7 Å². The summed E-state index contributed by atoms with van der Waals surface area (Å²) in [7, 11) is 0. The lowest BCUT2D eigenvalue weighted by Gasteiger charge is -2.20. The summed E-state index contributed by atoms with van der Waals surface area (Å²) in [6, 6.07) is 16.4. The maximum Gasteiger partial charge on any atom is 0.266 e. The van der Waals surface area contributed by atoms with E-state index in [0.29, 0.717) is 11.4 Å². The van der Waals surface area contributed by atoms with Crippen LogP contribution in [0.2, 0.25) is 0 Å². The summed E-state index contributed by atoms with van der Waals surface area (Å²) in [5.41, 5.74) is 3.07. The molecule has 2 N–H and O–H groups in total. The Balaban J connectivity index is 2.10. The highest BCUT2D eigenvalue weighted by molar-refractivity contribution is 6.09. The molecule has 0 saturated heterocycles. The van der Waals surface area contributed by atoms with Crippen molar-refractivity contribution in [3.63, 3.8) is 0 Å². The third-order valence-electron chi connectivity index (χ3n) is 4.16. The van der Waals surface area contributed by atoms with Gasteiger partial charge in [-0.05, 0) is 61.9 Å². The molecule has 2 aromatic rings. The van der Waals surface area contributed by atoms with Crippen molar-refractivity contribution in [2.75, 3.05) is 28.6 Å². The first-order valence-electron chi connectivity index (χ1n) is 9.12. The maximum absolute atomic E-state index is 12.4. The zero-order chi connectivity index (χ0) is 20.5. The summed E-state index contributed by atoms with van der Waals surface area (Å²) in [5.74, 6) is -0.652. The van der Waals surface area contributed by atoms with E-state index in [0.717, 1.165) is 24.3 Å². The third kappa shape index (κ3) is 5.71. The second kappa shape index (κ2) is 9.93. The number of hydrogen-bond donors (Lipinski definition) is 2. The second-order valence-corrected chi connectivity index (χ2v) is 6.15. The molecule has 0 saturated carbocycles. The Morgan fingerprint density at radius 2 is 1.50 bits per heavy atom. The number of benzene rings is 2. The number of rotatable bonds is 7. The summed E-state index contributed by atoms with van der Waals surface area (Å²) in [4.78, 5) is 25.7. The smallest absolute Gasteiger partial charge is 0.266 e. The molecule has 0 fully saturated rings. The van der Waals surface area contributed by atoms with Crippen molar-refractivity contribution >= 4 is 35.0 Å². The number of nitrogens with one attached hydrogen (secondary N) is 2. The van der Waals surface area contributed by atoms with Crippen LogP contribution >= 0.6 is 0 Å². The highest BCUT2D eigenvalue weighted by atomic mass is 16.2. The van der Waals surface area contributed by atoms with Crippen LogP contribution in [0.15, 0.2) is 54.1 Å². The molecule has 144 valence electrons. The third-order valence-corrected chi connectivity index (χ3v) is 4.16. The summed E-state index contributed by atoms with van der Waals surface area (Å²) >= 11 is 0. The summed E-state index contributed by atoms with van der Waals surface area (Å²) in [6.07, 6.45) is 1.56. The first-order chi connectivity index (χ1) is 13.5. The van der Waals surface area contributed by atoms with Crippen molar-refractivity contribution < 1.29 is 9.59 Å². The largest absolute Gasteiger partial charge is 0.372 e. The quantitative estimate of drug-likeness (QED) is 0.564. The van der Waals surface area contributed by atoms with Crippen LogP contribution in [0.4, 0.5) is 17.1 Å². The minimum Gasteiger partial charge on any atom is -0.372 e. The standard InChI is InChI=1S/C22H24N4O2/c1-4-26(5-2)21-12-6-17(7-13-21)14-18(15-23)22(28)25-20-10-8-19(9-11-20)24-16(3)27/h6-14H,4-5H2,1-3H3,(H,24,27)(H,25,28). The van der Waals surface area contributed by atoms with E-state index < -0.39 is 5.91 Å². The van der Waals surface area contributed by atoms with Gasteiger partial charge in [-0.3, -0.25) is 9.59 Å². The molecule has 0 unspecified atom stereocenters. The van der Waals surface area contributed by atoms with Gasteiger partial charge in [-0.2, -0.15) is 5.26 Å². The maximum atomic E-state index is 12.4. The number of nitrogens with zero attached hydrogens (tertiary/aromatic N) is 2. The van der Waals surface area contributed by atoms with E-state index >= 15 is 0 Å². The SMILES string of the molecule is CCN(CC)c1ccc(C=C(C#N)C(=O)Nc2ccc(NC(C)=O)cc2)cc1. The van der Waals surface area contributed by atoms with Crippen LogP contribution in [0.5, 0.6) is 0 Å². The van der Waals surface area contributed by atoms with Gasteiger partial charge in [-0.15, -0.1) is 0 Å². The normalized spacial score (nSPS) is 10.7. The highest BCUT2D eigenvalue weighted by Gasteiger charge is 2.10. The first kappa shape index (κ1) is 20.7. The summed E-state index contributed by atoms with van der Waals surface area (Å²) < 4.78 is 0. The van der Waals surface area contributed by atoms with E-state index in [1.54, 1.807) is 30.3 Å². The molecule has 0 aliphatic carbocycles. The van der Waals surface area contributed by atoms with E-state index in [1.165, 1.54) is 6.92 Å². The molecule has 0 aliphatic rings. The number of hydrogen-bond acceptors (Lipinski definition) is 4. The van der Waals surface area contributed by atoms with Crippen LogP contribution in [-0.4, -0.2) is 24.9 Å². The lowest BCUT2D eigenvalue weighted by molar-refractivity contribution is -0.114. The van der Waals surface area contributed by atoms with Gasteiger partial charge < -0.3 is 15.5 Å². The van der Waals surface area contributed by atoms with Gasteiger partial charge >= 0.3 is 0 Å². The Hall–Kier alpha value is -3.59. The Kier molecular flexibility index (Phi) is 7.35. The monoisotopic (exact) mass is 376 g/mol. The molecule has 6 nitrogen and oxygen atoms in total. The minimum atomic E-state index is -0.484. The molecule has 6 heteroatoms. The fraction of sp³-hybridized carbons (Fsp3) is 0.227. The van der Waals surface area contributed by atoms with Crippen molar-refractivity contribution in [2.24, 2.45) is 0 Å². The molecule has 0 bridgehead atoms. The van der Waals surface area contributed by atoms with Crippen LogP contribution in [0.1, 0.15) is 26.3 Å². The van der Waals surface area contributed by atoms with E-state index in [9.17, 15) is 14.9 Å². The van der Waals surface area contributed by atoms with Gasteiger partial charge in [0.15, 0.2) is 0 Å². The van der Waals surface area contributed by atoms with E-state index in [-0.39, 0.29) is 11.5 Å². The van der Waals surface area contributed by atoms with Gasteiger partial charge in [-0.25, -0.2) is 0 Å². The van der Waals surface area contributed by atoms with Crippen LogP contribution in [0, 0.1) is 11.3 Å². The Bertz CT molecular complexity index is 890. The molecule has 0 heterocycles. The topological polar surface area (TPSA) is 85.2 Å². The first-order valence-corrected chi connectivity index (χ1v) is 9.12. The van der Waals surface area contributed by atoms with Crippen LogP contribution < -0.4 is 15.5 Å². The van der Waals surface area contributed by atoms with Crippen LogP contribution in [-0.2, 0) is 9.59 Å². The Morgan fingerprint density at radius 3 is 1.96 bits per heavy atom. The van der Waals surface area contributed by atoms with Crippen LogP contribution in [0.3, 0.4) is 0 Å². The molecule has 2 amide bonds. The molecule has 28 heavy (non-hydrogen) atoms. The zero-order valence-electron chi connectivity index (χ0n) is 16.3. The lowest BCUT2D eigenvalue weighted by atomic mass is 10.1. The average Bonchev–Trinajstić information content (AvgIpc) is 2.69. The molecule has 0 radical (unpaired) electrons. The molecular formula is C22H24N4O2. The average molecular weight is 376 g/mol. The lowest BCUT2D eigenvalue weighted by Crippen LogP contribution is -2.21. The predicted molar refractivity (Wildman–Crippen MR) is 113 cm³/mol. The van der Waals surface area contributed by atoms with E-state index in [2.05, 4.69) is 29.4 Å². The number of nitriles is 1. The van der Waals surface area contributed by atoms with E-state index in [1.807, 2.05) is 30.3 Å². The molecule has 2 aromatic carbocycles. The number of carbonyl (C=O) groups excluding carboxylic acids is 2. The fourth-order valence-electron chi connectivity index (χ4n) is 2.72. The predicted octanol–water partition coefficient (Wildman–Crippen LogP) is 4.04. The highest BCUT2D eigenvalue weighted by Crippen LogP contribution is 2.18. The van der Waals surface area contributed by atoms with Crippen LogP contribution in [0.25, 0.3) is 6.08 Å². The van der Waals surface area contributed by atoms with Gasteiger partial charge in [0, 0.05) is 37.1 Å². The molecule has 0 aromatic heterocycles. The fourth-order valence-corrected chi connectivity index (χ4v) is 2.72. The summed E-state index contributed by atoms with van der Waals surface area (Å²) in [5, 5.41) is 14.7. The van der Waals surface area contributed by atoms with Gasteiger partial charge in [0.2, 0.25) is 5.91 Å². The van der Waals surface area contributed by atoms with E-state index in [4.69, 9.17) is 0 Å². The zero-order valence-corrected chi connectivity index (χ0v) is 16.3. The van der Waals surface area contributed by atoms with Crippen molar-refractivity contribution in [1.82, 2.24) is 0 Å². The molecule has 0 aliphatic heterocycles. The van der Waals surface area contributed by atoms with Crippen molar-refractivity contribution in [3.8, 4) is 6.07 Å². The number of anilines is 3. The summed E-state index contributed by atoms with van der Waals surface area (Å²) in [6.45, 7) is 7.45. The second-order valence-electron chi connectivity index (χ2n) is 6.15. The molecule has 2 rings (SSSR count). The van der Waals surface area contributed by atoms with Crippen molar-refractivity contribution in [2.45, 2.75) is 20.8 Å². The Labute approximate surface area is 165 Å². The van der Waals surface area contributed by atoms with Gasteiger partial charge in [0.25, 0.3) is 5.91 Å². The minimum absolute atomic E-state index is 0.0153. The molecule has 0 atom stereocenters. The number of carbonyl (C=O) groups is 2. The van der Waals surface area contributed by atoms with Gasteiger partial charge in [0.05, 0.1) is 0 Å². The number of amides is 2. The van der Waals surface area contributed by atoms with Gasteiger partial charge in [-0.1, -0.05) is 12.1 Å². The molecule has 0 spiro atoms.